The maximum absolute atomic E-state index is 11.3. The highest BCUT2D eigenvalue weighted by atomic mass is 32.1. The minimum absolute atomic E-state index is 0.121. The van der Waals surface area contributed by atoms with Gasteiger partial charge in [-0.2, -0.15) is 4.57 Å². The Morgan fingerprint density at radius 2 is 1.96 bits per heavy atom. The second-order valence-corrected chi connectivity index (χ2v) is 8.19. The SMILES string of the molecule is Cc1ccc(-c2nc3c[n+](CC(N)=O)ccn3c2Nc2c(C)cccc2C)s1. The lowest BCUT2D eigenvalue weighted by Gasteiger charge is -2.13. The molecule has 1 amide bonds. The number of hydrogen-bond acceptors (Lipinski definition) is 4. The number of anilines is 2. The molecule has 0 fully saturated rings. The Bertz CT molecular complexity index is 1170. The van der Waals surface area contributed by atoms with Crippen molar-refractivity contribution < 1.29 is 9.36 Å². The number of nitrogens with two attached hydrogens (primary N) is 1. The summed E-state index contributed by atoms with van der Waals surface area (Å²) < 4.78 is 3.75. The number of primary amides is 1. The summed E-state index contributed by atoms with van der Waals surface area (Å²) in [7, 11) is 0. The van der Waals surface area contributed by atoms with Crippen LogP contribution in [0.1, 0.15) is 16.0 Å². The van der Waals surface area contributed by atoms with Gasteiger partial charge >= 0.3 is 0 Å². The fourth-order valence-electron chi connectivity index (χ4n) is 3.30. The zero-order chi connectivity index (χ0) is 19.8. The summed E-state index contributed by atoms with van der Waals surface area (Å²) in [4.78, 5) is 18.5. The first kappa shape index (κ1) is 18.2. The third kappa shape index (κ3) is 3.36. The fourth-order valence-corrected chi connectivity index (χ4v) is 4.16. The average Bonchev–Trinajstić information content (AvgIpc) is 3.21. The van der Waals surface area contributed by atoms with E-state index in [0.29, 0.717) is 0 Å². The molecule has 4 aromatic rings. The number of para-hydroxylation sites is 1. The number of imidazole rings is 1. The molecule has 142 valence electrons. The lowest BCUT2D eigenvalue weighted by Crippen LogP contribution is -2.40. The number of rotatable bonds is 5. The maximum Gasteiger partial charge on any atom is 0.283 e. The van der Waals surface area contributed by atoms with Gasteiger partial charge in [-0.25, -0.2) is 4.98 Å². The van der Waals surface area contributed by atoms with E-state index in [-0.39, 0.29) is 12.5 Å². The second kappa shape index (κ2) is 7.09. The topological polar surface area (TPSA) is 76.3 Å². The van der Waals surface area contributed by atoms with E-state index in [0.717, 1.165) is 27.7 Å². The van der Waals surface area contributed by atoms with Crippen LogP contribution in [0.5, 0.6) is 0 Å². The van der Waals surface area contributed by atoms with Gasteiger partial charge in [-0.15, -0.1) is 11.3 Å². The van der Waals surface area contributed by atoms with E-state index in [9.17, 15) is 4.79 Å². The van der Waals surface area contributed by atoms with Gasteiger partial charge in [-0.1, -0.05) is 18.2 Å². The molecule has 0 unspecified atom stereocenters. The van der Waals surface area contributed by atoms with Crippen molar-refractivity contribution >= 4 is 34.4 Å². The molecule has 1 aromatic carbocycles. The van der Waals surface area contributed by atoms with Crippen LogP contribution in [-0.4, -0.2) is 15.3 Å². The Balaban J connectivity index is 1.90. The van der Waals surface area contributed by atoms with Crippen molar-refractivity contribution in [1.29, 1.82) is 0 Å². The molecule has 0 aliphatic rings. The number of thiophene rings is 1. The third-order valence-electron chi connectivity index (χ3n) is 4.66. The summed E-state index contributed by atoms with van der Waals surface area (Å²) in [5.41, 5.74) is 10.4. The minimum atomic E-state index is -0.385. The van der Waals surface area contributed by atoms with Crippen molar-refractivity contribution in [2.75, 3.05) is 5.32 Å². The van der Waals surface area contributed by atoms with Crippen molar-refractivity contribution in [2.24, 2.45) is 5.73 Å². The molecule has 3 N–H and O–H groups in total. The normalized spacial score (nSPS) is 11.1. The number of aromatic nitrogens is 3. The van der Waals surface area contributed by atoms with Crippen LogP contribution < -0.4 is 15.6 Å². The van der Waals surface area contributed by atoms with Gasteiger partial charge in [0.15, 0.2) is 6.20 Å². The first-order valence-electron chi connectivity index (χ1n) is 9.02. The predicted molar refractivity (Wildman–Crippen MR) is 112 cm³/mol. The summed E-state index contributed by atoms with van der Waals surface area (Å²) >= 11 is 1.71. The van der Waals surface area contributed by atoms with Crippen molar-refractivity contribution in [2.45, 2.75) is 27.3 Å². The van der Waals surface area contributed by atoms with E-state index in [2.05, 4.69) is 56.4 Å². The van der Waals surface area contributed by atoms with Gasteiger partial charge in [0.05, 0.1) is 11.1 Å². The van der Waals surface area contributed by atoms with E-state index in [4.69, 9.17) is 10.7 Å². The molecule has 7 heteroatoms. The van der Waals surface area contributed by atoms with Gasteiger partial charge in [0.1, 0.15) is 11.5 Å². The third-order valence-corrected chi connectivity index (χ3v) is 5.67. The molecule has 0 radical (unpaired) electrons. The fraction of sp³-hybridized carbons (Fsp3) is 0.190. The van der Waals surface area contributed by atoms with Crippen LogP contribution in [0.3, 0.4) is 0 Å². The standard InChI is InChI=1S/C21H21N5OS/c1-13-5-4-6-14(2)19(13)24-21-20(16-8-7-15(3)28-16)23-18-12-25(11-17(22)27)9-10-26(18)21/h4-10,12H,11H2,1-3H3,(H2,22,27)/p+1. The highest BCUT2D eigenvalue weighted by molar-refractivity contribution is 7.15. The first-order chi connectivity index (χ1) is 13.4. The van der Waals surface area contributed by atoms with Gasteiger partial charge in [-0.05, 0) is 44.0 Å². The summed E-state index contributed by atoms with van der Waals surface area (Å²) in [5.74, 6) is 0.518. The molecule has 0 saturated carbocycles. The van der Waals surface area contributed by atoms with Crippen LogP contribution in [0.4, 0.5) is 11.5 Å². The number of carbonyl (C=O) groups excluding carboxylic acids is 1. The highest BCUT2D eigenvalue weighted by Crippen LogP contribution is 2.36. The first-order valence-corrected chi connectivity index (χ1v) is 9.83. The van der Waals surface area contributed by atoms with Gasteiger partial charge in [0.25, 0.3) is 5.91 Å². The van der Waals surface area contributed by atoms with Gasteiger partial charge in [-0.3, -0.25) is 9.20 Å². The molecular weight excluding hydrogens is 370 g/mol. The highest BCUT2D eigenvalue weighted by Gasteiger charge is 2.19. The zero-order valence-electron chi connectivity index (χ0n) is 16.1. The Morgan fingerprint density at radius 3 is 2.61 bits per heavy atom. The molecule has 28 heavy (non-hydrogen) atoms. The van der Waals surface area contributed by atoms with Gasteiger partial charge < -0.3 is 11.1 Å². The van der Waals surface area contributed by atoms with E-state index < -0.39 is 0 Å². The number of amides is 1. The van der Waals surface area contributed by atoms with Crippen molar-refractivity contribution in [1.82, 2.24) is 9.38 Å². The number of carbonyl (C=O) groups is 1. The second-order valence-electron chi connectivity index (χ2n) is 6.91. The molecule has 0 aliphatic heterocycles. The van der Waals surface area contributed by atoms with E-state index in [1.807, 2.05) is 23.0 Å². The van der Waals surface area contributed by atoms with Crippen molar-refractivity contribution in [3.63, 3.8) is 0 Å². The Kier molecular flexibility index (Phi) is 4.60. The molecule has 0 aliphatic carbocycles. The molecule has 3 aromatic heterocycles. The van der Waals surface area contributed by atoms with Crippen LogP contribution in [-0.2, 0) is 11.3 Å². The Labute approximate surface area is 167 Å². The zero-order valence-corrected chi connectivity index (χ0v) is 16.9. The monoisotopic (exact) mass is 392 g/mol. The smallest absolute Gasteiger partial charge is 0.283 e. The largest absolute Gasteiger partial charge is 0.364 e. The molecule has 3 heterocycles. The summed E-state index contributed by atoms with van der Waals surface area (Å²) in [6, 6.07) is 10.4. The number of nitrogens with zero attached hydrogens (tertiary/aromatic N) is 3. The lowest BCUT2D eigenvalue weighted by atomic mass is 10.1. The van der Waals surface area contributed by atoms with Crippen LogP contribution >= 0.6 is 11.3 Å². The number of nitrogens with one attached hydrogen (secondary N) is 1. The van der Waals surface area contributed by atoms with Crippen LogP contribution in [0.15, 0.2) is 48.9 Å². The quantitative estimate of drug-likeness (QED) is 0.510. The lowest BCUT2D eigenvalue weighted by molar-refractivity contribution is -0.683. The van der Waals surface area contributed by atoms with Crippen LogP contribution in [0.25, 0.3) is 16.2 Å². The van der Waals surface area contributed by atoms with E-state index >= 15 is 0 Å². The van der Waals surface area contributed by atoms with E-state index in [1.54, 1.807) is 15.9 Å². The number of aryl methyl sites for hydroxylation is 3. The van der Waals surface area contributed by atoms with Gasteiger partial charge in [0.2, 0.25) is 18.4 Å². The molecule has 0 atom stereocenters. The summed E-state index contributed by atoms with van der Waals surface area (Å²) in [6.45, 7) is 6.39. The number of hydrogen-bond donors (Lipinski definition) is 2. The molecular formula is C21H22N5OS+. The predicted octanol–water partition coefficient (Wildman–Crippen LogP) is 3.50. The Morgan fingerprint density at radius 1 is 1.21 bits per heavy atom. The maximum atomic E-state index is 11.3. The molecule has 4 rings (SSSR count). The molecule has 0 spiro atoms. The van der Waals surface area contributed by atoms with Crippen molar-refractivity contribution in [3.8, 4) is 10.6 Å². The minimum Gasteiger partial charge on any atom is -0.364 e. The summed E-state index contributed by atoms with van der Waals surface area (Å²) in [6.07, 6.45) is 5.58. The van der Waals surface area contributed by atoms with Gasteiger partial charge in [0, 0.05) is 10.6 Å². The van der Waals surface area contributed by atoms with Crippen molar-refractivity contribution in [3.05, 3.63) is 64.9 Å². The van der Waals surface area contributed by atoms with Crippen LogP contribution in [0, 0.1) is 20.8 Å². The number of fused-ring (bicyclic) bond motifs is 1. The van der Waals surface area contributed by atoms with E-state index in [1.165, 1.54) is 16.0 Å². The average molecular weight is 393 g/mol. The van der Waals surface area contributed by atoms with Crippen LogP contribution in [0.2, 0.25) is 0 Å². The molecule has 0 saturated heterocycles. The molecule has 6 nitrogen and oxygen atoms in total. The number of benzene rings is 1. The summed E-state index contributed by atoms with van der Waals surface area (Å²) in [5, 5.41) is 3.61. The Hall–Kier alpha value is -3.19. The molecule has 0 bridgehead atoms.